The smallest absolute Gasteiger partial charge is 0.277 e. The van der Waals surface area contributed by atoms with Gasteiger partial charge in [-0.2, -0.15) is 0 Å². The normalized spacial score (nSPS) is 19.8. The minimum Gasteiger partial charge on any atom is -0.493 e. The van der Waals surface area contributed by atoms with Gasteiger partial charge < -0.3 is 58.5 Å². The molecular weight excluding hydrogens is 1770 g/mol. The lowest BCUT2D eigenvalue weighted by Gasteiger charge is -2.39. The van der Waals surface area contributed by atoms with Crippen LogP contribution in [0.15, 0.2) is 179 Å². The van der Waals surface area contributed by atoms with E-state index in [2.05, 4.69) is 123 Å². The zero-order chi connectivity index (χ0) is 93.3. The number of amides is 2. The number of ether oxygens (including phenoxy) is 4. The van der Waals surface area contributed by atoms with E-state index in [0.29, 0.717) is 79.3 Å². The van der Waals surface area contributed by atoms with Crippen LogP contribution in [0.4, 0.5) is 22.7 Å². The standard InChI is InChI=1S/C50H58ClN7O8S.C49H57ClN8O7S/c1-49(2)13-10-36(43(29-49)34-4-6-37(51)7-5-34)31-56-20-22-57(23-21-56)38-8-9-41(46(26-38)66-39-25-35-11-16-52-47(35)53-30-39)48(59)54-67(63,64)40-27-44(58(61)62)42-24-33(32-65-45(42)28-40)12-17-55-18-14-50(3,60)15-19-55;1-49(2)13-10-36(43(29-49)34-4-6-37(50)7-5-34)31-56-20-22-57(23-21-56)38-8-9-41(46(26-38)65-39-25-35-11-14-51-47(35)52-30-39)48(59)53-66(62,63)40-27-44(58(60)61)42-24-33(32-64-45(42)28-40)12-15-55-18-16-54(3)17-19-55/h4-9,11,16,25-28,30,33,60H,10,12-15,17-24,29,31-32H2,1-3H3,(H,52,53)(H,54,59);4-9,11,14,25-28,30,33H,10,12-13,15-24,29,31-32H2,1-3H3,(H,51,52)(H,53,59)/t2*33-/m00/s1. The number of allylic oxidation sites excluding steroid dienone is 2. The van der Waals surface area contributed by atoms with Crippen molar-refractivity contribution in [3.05, 3.63) is 233 Å². The van der Waals surface area contributed by atoms with E-state index in [0.717, 1.165) is 200 Å². The number of hydrogen-bond donors (Lipinski definition) is 5. The molecule has 8 aliphatic rings. The van der Waals surface area contributed by atoms with Crippen LogP contribution < -0.4 is 38.2 Å². The Kier molecular flexibility index (Phi) is 27.8. The van der Waals surface area contributed by atoms with Crippen molar-refractivity contribution in [2.24, 2.45) is 22.7 Å². The minimum absolute atomic E-state index is 0.0183. The van der Waals surface area contributed by atoms with Gasteiger partial charge in [-0.25, -0.2) is 36.2 Å². The number of piperazine rings is 3. The van der Waals surface area contributed by atoms with Crippen LogP contribution >= 0.6 is 23.2 Å². The first-order valence-corrected chi connectivity index (χ1v) is 49.6. The number of halogens is 2. The third-order valence-electron chi connectivity index (χ3n) is 27.6. The van der Waals surface area contributed by atoms with Gasteiger partial charge in [-0.3, -0.25) is 39.6 Å². The number of H-pyrrole nitrogens is 2. The van der Waals surface area contributed by atoms with Crippen LogP contribution in [0.1, 0.15) is 142 Å². The number of aliphatic hydroxyl groups is 1. The Bertz CT molecular complexity index is 6330. The molecule has 2 aliphatic carbocycles. The number of hydrogen-bond acceptors (Lipinski definition) is 24. The molecule has 0 bridgehead atoms. The van der Waals surface area contributed by atoms with Crippen molar-refractivity contribution in [2.45, 2.75) is 127 Å². The predicted molar refractivity (Wildman–Crippen MR) is 515 cm³/mol. The molecule has 2 amide bonds. The van der Waals surface area contributed by atoms with Crippen LogP contribution in [0.5, 0.6) is 34.5 Å². The fourth-order valence-electron chi connectivity index (χ4n) is 19.5. The highest BCUT2D eigenvalue weighted by Crippen LogP contribution is 2.48. The number of likely N-dealkylation sites (N-methyl/N-ethyl adjacent to an activating group) is 1. The number of nitro benzene ring substituents is 2. The summed E-state index contributed by atoms with van der Waals surface area (Å²) >= 11 is 12.5. The van der Waals surface area contributed by atoms with Crippen LogP contribution in [0.25, 0.3) is 33.2 Å². The summed E-state index contributed by atoms with van der Waals surface area (Å²) in [6, 6.07) is 38.3. The summed E-state index contributed by atoms with van der Waals surface area (Å²) in [4.78, 5) is 82.3. The molecule has 6 aliphatic heterocycles. The van der Waals surface area contributed by atoms with E-state index in [1.165, 1.54) is 57.9 Å². The number of rotatable bonds is 26. The van der Waals surface area contributed by atoms with E-state index in [-0.39, 0.29) is 74.8 Å². The Labute approximate surface area is 785 Å². The number of pyridine rings is 2. The summed E-state index contributed by atoms with van der Waals surface area (Å²) in [5, 5.41) is 38.2. The molecule has 0 unspecified atom stereocenters. The third kappa shape index (κ3) is 22.6. The van der Waals surface area contributed by atoms with E-state index >= 15 is 0 Å². The average molecular weight is 1890 g/mol. The number of anilines is 2. The quantitative estimate of drug-likeness (QED) is 0.0248. The molecule has 18 rings (SSSR count). The number of aromatic nitrogens is 4. The van der Waals surface area contributed by atoms with Gasteiger partial charge in [-0.1, -0.05) is 86.3 Å². The molecule has 0 radical (unpaired) electrons. The van der Waals surface area contributed by atoms with Crippen LogP contribution in [0.2, 0.25) is 10.0 Å². The van der Waals surface area contributed by atoms with Crippen LogP contribution in [0, 0.1) is 42.9 Å². The molecule has 2 atom stereocenters. The Morgan fingerprint density at radius 3 is 1.32 bits per heavy atom. The maximum absolute atomic E-state index is 14.1. The van der Waals surface area contributed by atoms with E-state index in [4.69, 9.17) is 42.1 Å². The number of fused-ring (bicyclic) bond motifs is 4. The van der Waals surface area contributed by atoms with Crippen molar-refractivity contribution in [1.82, 2.24) is 53.9 Å². The minimum atomic E-state index is -4.64. The lowest BCUT2D eigenvalue weighted by atomic mass is 9.72. The van der Waals surface area contributed by atoms with Gasteiger partial charge in [0, 0.05) is 186 Å². The zero-order valence-electron chi connectivity index (χ0n) is 75.9. The van der Waals surface area contributed by atoms with Gasteiger partial charge in [0.2, 0.25) is 0 Å². The van der Waals surface area contributed by atoms with E-state index in [9.17, 15) is 51.8 Å². The zero-order valence-corrected chi connectivity index (χ0v) is 79.1. The molecular formula is C99H115Cl2N15O15S2. The Hall–Kier alpha value is -11.0. The van der Waals surface area contributed by atoms with Gasteiger partial charge in [0.25, 0.3) is 43.2 Å². The van der Waals surface area contributed by atoms with Crippen molar-refractivity contribution in [3.8, 4) is 34.5 Å². The van der Waals surface area contributed by atoms with E-state index in [1.54, 1.807) is 60.9 Å². The SMILES string of the molecule is CC1(C)CCC(CN2CCN(c3ccc(C(=O)NS(=O)(=O)c4cc5c(c([N+](=O)[O-])c4)C[C@H](CCN4CCC(C)(O)CC4)CO5)c(Oc4cnc5[nH]ccc5c4)c3)CC2)=C(c2ccc(Cl)cc2)C1.CN1CCN(CC[C@@H]2COc3cc(S(=O)(=O)NC(=O)c4ccc(N5CCN(CC6=C(c7ccc(Cl)cc7)CC(C)(C)CC6)CC5)cc4Oc4cnc5[nH]ccc5c4)cc([N+](=O)[O-])c3C2)CC1. The van der Waals surface area contributed by atoms with E-state index in [1.807, 2.05) is 43.3 Å². The monoisotopic (exact) mass is 1890 g/mol. The summed E-state index contributed by atoms with van der Waals surface area (Å²) in [5.74, 6) is -0.720. The van der Waals surface area contributed by atoms with Crippen molar-refractivity contribution >= 4 is 111 Å². The highest BCUT2D eigenvalue weighted by Gasteiger charge is 2.39. The molecule has 4 aromatic heterocycles. The van der Waals surface area contributed by atoms with E-state index < -0.39 is 57.1 Å². The molecule has 10 heterocycles. The van der Waals surface area contributed by atoms with Gasteiger partial charge in [-0.15, -0.1) is 0 Å². The fraction of sp³-hybridized carbons (Fsp3) is 0.434. The van der Waals surface area contributed by atoms with Crippen molar-refractivity contribution in [2.75, 3.05) is 148 Å². The van der Waals surface area contributed by atoms with Gasteiger partial charge in [0.15, 0.2) is 0 Å². The maximum atomic E-state index is 14.1. The first kappa shape index (κ1) is 93.8. The molecule has 0 spiro atoms. The second kappa shape index (κ2) is 39.5. The molecule has 5 N–H and O–H groups in total. The number of sulfonamides is 2. The van der Waals surface area contributed by atoms with Crippen molar-refractivity contribution in [1.29, 1.82) is 0 Å². The number of piperidine rings is 1. The van der Waals surface area contributed by atoms with Gasteiger partial charge in [-0.05, 0) is 222 Å². The molecule has 702 valence electrons. The number of nitrogens with one attached hydrogen (secondary N) is 4. The van der Waals surface area contributed by atoms with Crippen LogP contribution in [-0.2, 0) is 32.9 Å². The fourth-order valence-corrected chi connectivity index (χ4v) is 21.7. The van der Waals surface area contributed by atoms with Crippen molar-refractivity contribution in [3.63, 3.8) is 0 Å². The van der Waals surface area contributed by atoms with Crippen molar-refractivity contribution < 1.29 is 60.3 Å². The molecule has 10 aromatic rings. The summed E-state index contributed by atoms with van der Waals surface area (Å²) in [5.41, 5.74) is 10.8. The molecule has 6 aromatic carbocycles. The molecule has 34 heteroatoms. The van der Waals surface area contributed by atoms with Crippen LogP contribution in [0.3, 0.4) is 0 Å². The van der Waals surface area contributed by atoms with Gasteiger partial charge >= 0.3 is 0 Å². The number of nitrogens with zero attached hydrogens (tertiary/aromatic N) is 11. The topological polar surface area (TPSA) is 350 Å². The highest BCUT2D eigenvalue weighted by molar-refractivity contribution is 7.90. The summed E-state index contributed by atoms with van der Waals surface area (Å²) in [6.07, 6.45) is 16.6. The molecule has 133 heavy (non-hydrogen) atoms. The Morgan fingerprint density at radius 1 is 0.519 bits per heavy atom. The van der Waals surface area contributed by atoms with Crippen LogP contribution in [-0.4, -0.2) is 232 Å². The number of benzene rings is 6. The highest BCUT2D eigenvalue weighted by atomic mass is 35.5. The van der Waals surface area contributed by atoms with Gasteiger partial charge in [0.05, 0.1) is 73.1 Å². The lowest BCUT2D eigenvalue weighted by Crippen LogP contribution is -2.47. The number of likely N-dealkylation sites (tertiary alicyclic amines) is 1. The van der Waals surface area contributed by atoms with Gasteiger partial charge in [0.1, 0.15) is 45.8 Å². The lowest BCUT2D eigenvalue weighted by molar-refractivity contribution is -0.386. The number of carbonyl (C=O) groups excluding carboxylic acids is 2. The molecule has 4 fully saturated rings. The molecule has 30 nitrogen and oxygen atoms in total. The third-order valence-corrected chi connectivity index (χ3v) is 30.8. The Morgan fingerprint density at radius 2 is 0.917 bits per heavy atom. The largest absolute Gasteiger partial charge is 0.493 e. The Balaban J connectivity index is 0.000000185. The predicted octanol–water partition coefficient (Wildman–Crippen LogP) is 16.6. The molecule has 0 saturated carbocycles. The first-order chi connectivity index (χ1) is 63.6. The maximum Gasteiger partial charge on any atom is 0.277 e. The number of nitro groups is 2. The second-order valence-corrected chi connectivity index (χ2v) is 42.9. The number of aromatic amines is 2. The summed E-state index contributed by atoms with van der Waals surface area (Å²) in [6.45, 7) is 26.7. The summed E-state index contributed by atoms with van der Waals surface area (Å²) < 4.78 is 84.9. The average Bonchev–Trinajstić information content (AvgIpc) is 1.42. The first-order valence-electron chi connectivity index (χ1n) is 45.9. The second-order valence-electron chi connectivity index (χ2n) is 38.7. The molecule has 4 saturated heterocycles. The summed E-state index contributed by atoms with van der Waals surface area (Å²) in [7, 11) is -7.16. The number of carbonyl (C=O) groups is 2.